The fraction of sp³-hybridized carbons (Fsp3) is 0.250. The van der Waals surface area contributed by atoms with Gasteiger partial charge in [0, 0.05) is 53.7 Å². The molecule has 3 aromatic rings. The number of aryl methyl sites for hydroxylation is 1. The number of nitrogens with one attached hydrogen (secondary N) is 1. The molecule has 140 valence electrons. The molecule has 0 unspecified atom stereocenters. The second-order valence-electron chi connectivity index (χ2n) is 6.50. The second kappa shape index (κ2) is 7.32. The van der Waals surface area contributed by atoms with Crippen molar-refractivity contribution in [2.24, 2.45) is 7.05 Å². The molecular formula is C20H20BrFN4O. The zero-order valence-corrected chi connectivity index (χ0v) is 16.6. The van der Waals surface area contributed by atoms with Gasteiger partial charge in [0.1, 0.15) is 11.6 Å². The monoisotopic (exact) mass is 430 g/mol. The third-order valence-electron chi connectivity index (χ3n) is 4.79. The summed E-state index contributed by atoms with van der Waals surface area (Å²) in [5.41, 5.74) is 3.30. The molecule has 0 atom stereocenters. The van der Waals surface area contributed by atoms with Gasteiger partial charge in [-0.05, 0) is 24.3 Å². The van der Waals surface area contributed by atoms with E-state index in [4.69, 9.17) is 4.74 Å². The molecule has 1 aromatic carbocycles. The molecule has 1 N–H and O–H groups in total. The first kappa shape index (κ1) is 18.0. The standard InChI is InChI=1S/C20H20BrFN4O/c1-13(26-7-9-27-10-8-26)16-12-23-20(15-5-6-25(2)19(15)16)24-18-4-3-14(21)11-17(18)22/h3-6,11-12H,1,7-10H2,2H3,(H,23,24). The minimum absolute atomic E-state index is 0.336. The molecule has 0 spiro atoms. The topological polar surface area (TPSA) is 42.3 Å². The van der Waals surface area contributed by atoms with Gasteiger partial charge >= 0.3 is 0 Å². The molecule has 27 heavy (non-hydrogen) atoms. The van der Waals surface area contributed by atoms with Crippen molar-refractivity contribution in [3.8, 4) is 0 Å². The van der Waals surface area contributed by atoms with Crippen LogP contribution in [0.4, 0.5) is 15.9 Å². The average Bonchev–Trinajstić information content (AvgIpc) is 3.07. The Morgan fingerprint density at radius 2 is 2.07 bits per heavy atom. The predicted octanol–water partition coefficient (Wildman–Crippen LogP) is 4.52. The molecule has 0 saturated carbocycles. The summed E-state index contributed by atoms with van der Waals surface area (Å²) in [6.45, 7) is 7.32. The molecule has 1 saturated heterocycles. The van der Waals surface area contributed by atoms with E-state index in [-0.39, 0.29) is 5.82 Å². The number of nitrogens with zero attached hydrogens (tertiary/aromatic N) is 3. The SMILES string of the molecule is C=C(c1cnc(Nc2ccc(Br)cc2F)c2ccn(C)c12)N1CCOCC1. The first-order chi connectivity index (χ1) is 13.0. The Hall–Kier alpha value is -2.38. The van der Waals surface area contributed by atoms with Crippen molar-refractivity contribution in [2.75, 3.05) is 31.6 Å². The number of halogens is 2. The number of anilines is 2. The molecule has 7 heteroatoms. The van der Waals surface area contributed by atoms with Gasteiger partial charge in [0.05, 0.1) is 24.4 Å². The van der Waals surface area contributed by atoms with Crippen LogP contribution in [0, 0.1) is 5.82 Å². The number of benzene rings is 1. The van der Waals surface area contributed by atoms with Gasteiger partial charge in [0.15, 0.2) is 0 Å². The molecule has 2 aromatic heterocycles. The maximum atomic E-state index is 14.2. The lowest BCUT2D eigenvalue weighted by molar-refractivity contribution is 0.0641. The molecule has 1 aliphatic rings. The summed E-state index contributed by atoms with van der Waals surface area (Å²) in [5.74, 6) is 0.280. The summed E-state index contributed by atoms with van der Waals surface area (Å²) >= 11 is 3.28. The number of aromatic nitrogens is 2. The van der Waals surface area contributed by atoms with Crippen LogP contribution in [0.25, 0.3) is 16.6 Å². The molecule has 1 aliphatic heterocycles. The van der Waals surface area contributed by atoms with E-state index in [1.54, 1.807) is 18.3 Å². The van der Waals surface area contributed by atoms with Crippen LogP contribution < -0.4 is 5.32 Å². The Balaban J connectivity index is 1.73. The minimum Gasteiger partial charge on any atom is -0.378 e. The van der Waals surface area contributed by atoms with Gasteiger partial charge in [-0.2, -0.15) is 0 Å². The number of morpholine rings is 1. The van der Waals surface area contributed by atoms with Crippen LogP contribution in [-0.2, 0) is 11.8 Å². The van der Waals surface area contributed by atoms with E-state index < -0.39 is 0 Å². The molecule has 1 fully saturated rings. The lowest BCUT2D eigenvalue weighted by Crippen LogP contribution is -2.34. The second-order valence-corrected chi connectivity index (χ2v) is 7.42. The number of hydrogen-bond acceptors (Lipinski definition) is 4. The van der Waals surface area contributed by atoms with E-state index in [0.717, 1.165) is 35.3 Å². The van der Waals surface area contributed by atoms with Crippen molar-refractivity contribution >= 4 is 44.0 Å². The lowest BCUT2D eigenvalue weighted by Gasteiger charge is -2.31. The van der Waals surface area contributed by atoms with E-state index in [1.807, 2.05) is 23.9 Å². The normalized spacial score (nSPS) is 14.6. The van der Waals surface area contributed by atoms with Gasteiger partial charge in [-0.3, -0.25) is 0 Å². The van der Waals surface area contributed by atoms with Crippen molar-refractivity contribution < 1.29 is 9.13 Å². The summed E-state index contributed by atoms with van der Waals surface area (Å²) in [6, 6.07) is 6.90. The third-order valence-corrected chi connectivity index (χ3v) is 5.29. The molecule has 0 bridgehead atoms. The van der Waals surface area contributed by atoms with Crippen LogP contribution in [0.15, 0.2) is 47.7 Å². The number of hydrogen-bond donors (Lipinski definition) is 1. The summed E-state index contributed by atoms with van der Waals surface area (Å²) in [7, 11) is 1.99. The van der Waals surface area contributed by atoms with Crippen molar-refractivity contribution in [3.63, 3.8) is 0 Å². The molecule has 0 amide bonds. The van der Waals surface area contributed by atoms with E-state index in [0.29, 0.717) is 29.2 Å². The maximum absolute atomic E-state index is 14.2. The van der Waals surface area contributed by atoms with Gasteiger partial charge < -0.3 is 19.5 Å². The Morgan fingerprint density at radius 3 is 2.81 bits per heavy atom. The smallest absolute Gasteiger partial charge is 0.147 e. The van der Waals surface area contributed by atoms with Crippen LogP contribution >= 0.6 is 15.9 Å². The highest BCUT2D eigenvalue weighted by Gasteiger charge is 2.19. The highest BCUT2D eigenvalue weighted by Crippen LogP contribution is 2.33. The fourth-order valence-corrected chi connectivity index (χ4v) is 3.68. The highest BCUT2D eigenvalue weighted by atomic mass is 79.9. The number of ether oxygens (including phenoxy) is 1. The van der Waals surface area contributed by atoms with Gasteiger partial charge in [0.2, 0.25) is 0 Å². The fourth-order valence-electron chi connectivity index (χ4n) is 3.35. The number of fused-ring (bicyclic) bond motifs is 1. The summed E-state index contributed by atoms with van der Waals surface area (Å²) in [6.07, 6.45) is 3.78. The van der Waals surface area contributed by atoms with E-state index >= 15 is 0 Å². The summed E-state index contributed by atoms with van der Waals surface area (Å²) in [4.78, 5) is 6.79. The zero-order chi connectivity index (χ0) is 19.0. The molecule has 0 aliphatic carbocycles. The van der Waals surface area contributed by atoms with Gasteiger partial charge in [-0.15, -0.1) is 0 Å². The van der Waals surface area contributed by atoms with E-state index in [1.165, 1.54) is 6.07 Å². The van der Waals surface area contributed by atoms with Gasteiger partial charge in [-0.25, -0.2) is 9.37 Å². The molecule has 0 radical (unpaired) electrons. The molecule has 3 heterocycles. The quantitative estimate of drug-likeness (QED) is 0.660. The van der Waals surface area contributed by atoms with E-state index in [2.05, 4.69) is 37.7 Å². The Kier molecular flexibility index (Phi) is 4.88. The Bertz CT molecular complexity index is 1010. The van der Waals surface area contributed by atoms with Crippen molar-refractivity contribution in [3.05, 3.63) is 59.1 Å². The number of rotatable bonds is 4. The first-order valence-electron chi connectivity index (χ1n) is 8.72. The first-order valence-corrected chi connectivity index (χ1v) is 9.52. The van der Waals surface area contributed by atoms with Gasteiger partial charge in [-0.1, -0.05) is 22.5 Å². The zero-order valence-electron chi connectivity index (χ0n) is 15.0. The van der Waals surface area contributed by atoms with Crippen LogP contribution in [-0.4, -0.2) is 40.8 Å². The Morgan fingerprint density at radius 1 is 1.30 bits per heavy atom. The van der Waals surface area contributed by atoms with Crippen molar-refractivity contribution in [1.82, 2.24) is 14.5 Å². The average molecular weight is 431 g/mol. The van der Waals surface area contributed by atoms with Crippen molar-refractivity contribution in [1.29, 1.82) is 0 Å². The van der Waals surface area contributed by atoms with Crippen LogP contribution in [0.1, 0.15) is 5.56 Å². The minimum atomic E-state index is -0.336. The summed E-state index contributed by atoms with van der Waals surface area (Å²) in [5, 5.41) is 4.04. The van der Waals surface area contributed by atoms with E-state index in [9.17, 15) is 4.39 Å². The van der Waals surface area contributed by atoms with Crippen molar-refractivity contribution in [2.45, 2.75) is 0 Å². The van der Waals surface area contributed by atoms with Crippen LogP contribution in [0.2, 0.25) is 0 Å². The highest BCUT2D eigenvalue weighted by molar-refractivity contribution is 9.10. The predicted molar refractivity (Wildman–Crippen MR) is 110 cm³/mol. The largest absolute Gasteiger partial charge is 0.378 e. The third kappa shape index (κ3) is 3.44. The maximum Gasteiger partial charge on any atom is 0.147 e. The molecule has 5 nitrogen and oxygen atoms in total. The van der Waals surface area contributed by atoms with Crippen LogP contribution in [0.3, 0.4) is 0 Å². The molecule has 4 rings (SSSR count). The van der Waals surface area contributed by atoms with Crippen LogP contribution in [0.5, 0.6) is 0 Å². The van der Waals surface area contributed by atoms with Gasteiger partial charge in [0.25, 0.3) is 0 Å². The molecular weight excluding hydrogens is 411 g/mol. The lowest BCUT2D eigenvalue weighted by atomic mass is 10.1. The number of pyridine rings is 1. The summed E-state index contributed by atoms with van der Waals surface area (Å²) < 4.78 is 22.4. The Labute approximate surface area is 165 Å².